The molecule has 3 rings (SSSR count). The molecule has 6 heteroatoms. The first-order chi connectivity index (χ1) is 13.7. The molecule has 150 valence electrons. The Kier molecular flexibility index (Phi) is 6.76. The van der Waals surface area contributed by atoms with Gasteiger partial charge in [-0.3, -0.25) is 4.79 Å². The molecule has 28 heavy (non-hydrogen) atoms. The molecule has 0 aliphatic carbocycles. The van der Waals surface area contributed by atoms with Gasteiger partial charge in [-0.2, -0.15) is 0 Å². The Morgan fingerprint density at radius 2 is 1.79 bits per heavy atom. The first kappa shape index (κ1) is 20.0. The number of nitrogens with one attached hydrogen (secondary N) is 1. The van der Waals surface area contributed by atoms with E-state index in [1.807, 2.05) is 47.4 Å². The third-order valence-corrected chi connectivity index (χ3v) is 5.14. The van der Waals surface area contributed by atoms with Gasteiger partial charge in [-0.05, 0) is 30.2 Å². The van der Waals surface area contributed by atoms with E-state index >= 15 is 0 Å². The zero-order chi connectivity index (χ0) is 19.9. The lowest BCUT2D eigenvalue weighted by Crippen LogP contribution is -2.48. The van der Waals surface area contributed by atoms with Crippen molar-refractivity contribution in [3.8, 4) is 17.2 Å². The van der Waals surface area contributed by atoms with Crippen LogP contribution >= 0.6 is 0 Å². The predicted octanol–water partition coefficient (Wildman–Crippen LogP) is 2.82. The Morgan fingerprint density at radius 3 is 2.54 bits per heavy atom. The van der Waals surface area contributed by atoms with Crippen LogP contribution in [0.1, 0.15) is 23.6 Å². The van der Waals surface area contributed by atoms with Gasteiger partial charge in [0.25, 0.3) is 0 Å². The Hall–Kier alpha value is -2.73. The molecule has 2 aromatic carbocycles. The summed E-state index contributed by atoms with van der Waals surface area (Å²) in [6, 6.07) is 13.7. The average Bonchev–Trinajstić information content (AvgIpc) is 2.77. The van der Waals surface area contributed by atoms with Gasteiger partial charge in [-0.1, -0.05) is 24.3 Å². The van der Waals surface area contributed by atoms with Crippen LogP contribution in [0.15, 0.2) is 42.5 Å². The highest BCUT2D eigenvalue weighted by Crippen LogP contribution is 2.31. The second-order valence-corrected chi connectivity index (χ2v) is 6.74. The summed E-state index contributed by atoms with van der Waals surface area (Å²) in [5.41, 5.74) is 2.09. The highest BCUT2D eigenvalue weighted by Gasteiger charge is 2.29. The molecule has 2 aromatic rings. The van der Waals surface area contributed by atoms with Crippen molar-refractivity contribution in [2.24, 2.45) is 0 Å². The molecule has 0 bridgehead atoms. The van der Waals surface area contributed by atoms with Crippen molar-refractivity contribution >= 4 is 5.91 Å². The van der Waals surface area contributed by atoms with Crippen LogP contribution in [0, 0.1) is 0 Å². The van der Waals surface area contributed by atoms with Crippen molar-refractivity contribution in [1.29, 1.82) is 0 Å². The van der Waals surface area contributed by atoms with Crippen LogP contribution in [0.5, 0.6) is 17.2 Å². The molecule has 6 nitrogen and oxygen atoms in total. The second kappa shape index (κ2) is 9.46. The minimum atomic E-state index is -0.0252. The SMILES string of the molecule is COc1ccc(CCC(=O)N2CCNCC2c2ccccc2OC)cc1OC. The quantitative estimate of drug-likeness (QED) is 0.795. The van der Waals surface area contributed by atoms with E-state index < -0.39 is 0 Å². The molecule has 1 heterocycles. The number of hydrogen-bond acceptors (Lipinski definition) is 5. The van der Waals surface area contributed by atoms with Crippen molar-refractivity contribution in [3.63, 3.8) is 0 Å². The number of aryl methyl sites for hydroxylation is 1. The van der Waals surface area contributed by atoms with E-state index in [0.717, 1.165) is 30.0 Å². The van der Waals surface area contributed by atoms with Crippen LogP contribution in [0.25, 0.3) is 0 Å². The summed E-state index contributed by atoms with van der Waals surface area (Å²) in [5.74, 6) is 2.33. The smallest absolute Gasteiger partial charge is 0.223 e. The molecule has 1 amide bonds. The monoisotopic (exact) mass is 384 g/mol. The number of amides is 1. The standard InChI is InChI=1S/C22H28N2O4/c1-26-19-7-5-4-6-17(19)18-15-23-12-13-24(18)22(25)11-9-16-8-10-20(27-2)21(14-16)28-3/h4-8,10,14,18,23H,9,11-13,15H2,1-3H3. The van der Waals surface area contributed by atoms with E-state index in [9.17, 15) is 4.79 Å². The number of para-hydroxylation sites is 1. The first-order valence-electron chi connectivity index (χ1n) is 9.52. The van der Waals surface area contributed by atoms with Gasteiger partial charge in [0.2, 0.25) is 5.91 Å². The van der Waals surface area contributed by atoms with Crippen LogP contribution in [0.4, 0.5) is 0 Å². The van der Waals surface area contributed by atoms with Gasteiger partial charge in [-0.15, -0.1) is 0 Å². The highest BCUT2D eigenvalue weighted by atomic mass is 16.5. The van der Waals surface area contributed by atoms with Gasteiger partial charge in [0.15, 0.2) is 11.5 Å². The molecule has 1 fully saturated rings. The van der Waals surface area contributed by atoms with Crippen LogP contribution in [-0.2, 0) is 11.2 Å². The van der Waals surface area contributed by atoms with Crippen LogP contribution in [0.2, 0.25) is 0 Å². The van der Waals surface area contributed by atoms with Crippen molar-refractivity contribution < 1.29 is 19.0 Å². The van der Waals surface area contributed by atoms with Gasteiger partial charge < -0.3 is 24.4 Å². The van der Waals surface area contributed by atoms with Crippen molar-refractivity contribution in [3.05, 3.63) is 53.6 Å². The highest BCUT2D eigenvalue weighted by molar-refractivity contribution is 5.77. The van der Waals surface area contributed by atoms with E-state index in [1.54, 1.807) is 21.3 Å². The Bertz CT molecular complexity index is 809. The van der Waals surface area contributed by atoms with Crippen molar-refractivity contribution in [2.75, 3.05) is 41.0 Å². The van der Waals surface area contributed by atoms with E-state index in [0.29, 0.717) is 30.9 Å². The zero-order valence-corrected chi connectivity index (χ0v) is 16.7. The Labute approximate surface area is 166 Å². The molecule has 0 saturated carbocycles. The number of methoxy groups -OCH3 is 3. The van der Waals surface area contributed by atoms with Crippen LogP contribution in [0.3, 0.4) is 0 Å². The molecule has 1 saturated heterocycles. The summed E-state index contributed by atoms with van der Waals surface area (Å²) in [6.07, 6.45) is 1.10. The zero-order valence-electron chi connectivity index (χ0n) is 16.7. The molecule has 1 atom stereocenters. The number of ether oxygens (including phenoxy) is 3. The van der Waals surface area contributed by atoms with Gasteiger partial charge in [0.1, 0.15) is 5.75 Å². The molecule has 1 aliphatic rings. The summed E-state index contributed by atoms with van der Waals surface area (Å²) >= 11 is 0. The van der Waals surface area contributed by atoms with Gasteiger partial charge in [-0.25, -0.2) is 0 Å². The average molecular weight is 384 g/mol. The number of nitrogens with zero attached hydrogens (tertiary/aromatic N) is 1. The van der Waals surface area contributed by atoms with Gasteiger partial charge >= 0.3 is 0 Å². The van der Waals surface area contributed by atoms with Crippen molar-refractivity contribution in [2.45, 2.75) is 18.9 Å². The van der Waals surface area contributed by atoms with E-state index in [4.69, 9.17) is 14.2 Å². The normalized spacial score (nSPS) is 16.5. The number of hydrogen-bond donors (Lipinski definition) is 1. The maximum Gasteiger partial charge on any atom is 0.223 e. The number of carbonyl (C=O) groups is 1. The lowest BCUT2D eigenvalue weighted by atomic mass is 10.0. The van der Waals surface area contributed by atoms with Gasteiger partial charge in [0, 0.05) is 31.6 Å². The fourth-order valence-corrected chi connectivity index (χ4v) is 3.65. The fourth-order valence-electron chi connectivity index (χ4n) is 3.65. The lowest BCUT2D eigenvalue weighted by molar-refractivity contribution is -0.134. The minimum absolute atomic E-state index is 0.0252. The second-order valence-electron chi connectivity index (χ2n) is 6.74. The summed E-state index contributed by atoms with van der Waals surface area (Å²) in [7, 11) is 4.90. The summed E-state index contributed by atoms with van der Waals surface area (Å²) in [5, 5.41) is 3.39. The maximum absolute atomic E-state index is 13.0. The molecule has 0 radical (unpaired) electrons. The number of benzene rings is 2. The molecule has 0 spiro atoms. The van der Waals surface area contributed by atoms with E-state index in [1.165, 1.54) is 0 Å². The third-order valence-electron chi connectivity index (χ3n) is 5.14. The molecule has 1 unspecified atom stereocenters. The third kappa shape index (κ3) is 4.39. The summed E-state index contributed by atoms with van der Waals surface area (Å²) in [6.45, 7) is 2.21. The number of rotatable bonds is 7. The van der Waals surface area contributed by atoms with E-state index in [2.05, 4.69) is 5.32 Å². The summed E-state index contributed by atoms with van der Waals surface area (Å²) in [4.78, 5) is 15.0. The Morgan fingerprint density at radius 1 is 1.04 bits per heavy atom. The molecule has 1 N–H and O–H groups in total. The molecular formula is C22H28N2O4. The summed E-state index contributed by atoms with van der Waals surface area (Å²) < 4.78 is 16.1. The van der Waals surface area contributed by atoms with Crippen molar-refractivity contribution in [1.82, 2.24) is 10.2 Å². The minimum Gasteiger partial charge on any atom is -0.496 e. The fraction of sp³-hybridized carbons (Fsp3) is 0.409. The van der Waals surface area contributed by atoms with Gasteiger partial charge in [0.05, 0.1) is 27.4 Å². The van der Waals surface area contributed by atoms with Crippen LogP contribution < -0.4 is 19.5 Å². The molecule has 1 aliphatic heterocycles. The van der Waals surface area contributed by atoms with Crippen LogP contribution in [-0.4, -0.2) is 51.8 Å². The van der Waals surface area contributed by atoms with E-state index in [-0.39, 0.29) is 11.9 Å². The first-order valence-corrected chi connectivity index (χ1v) is 9.52. The molecule has 0 aromatic heterocycles. The largest absolute Gasteiger partial charge is 0.496 e. The topological polar surface area (TPSA) is 60.0 Å². The number of carbonyl (C=O) groups excluding carboxylic acids is 1. The number of piperazine rings is 1. The molecular weight excluding hydrogens is 356 g/mol. The Balaban J connectivity index is 1.71. The maximum atomic E-state index is 13.0. The predicted molar refractivity (Wildman–Crippen MR) is 108 cm³/mol. The lowest BCUT2D eigenvalue weighted by Gasteiger charge is -2.37.